The molecule has 0 atom stereocenters. The molecule has 6 nitrogen and oxygen atoms in total. The van der Waals surface area contributed by atoms with E-state index in [0.717, 1.165) is 5.69 Å². The van der Waals surface area contributed by atoms with Crippen LogP contribution in [0.1, 0.15) is 11.4 Å². The Morgan fingerprint density at radius 2 is 2.16 bits per heavy atom. The maximum Gasteiger partial charge on any atom is 0.168 e. The molecule has 0 unspecified atom stereocenters. The maximum absolute atomic E-state index is 8.94. The van der Waals surface area contributed by atoms with Crippen LogP contribution < -0.4 is 5.73 Å². The van der Waals surface area contributed by atoms with Gasteiger partial charge in [-0.1, -0.05) is 6.07 Å². The summed E-state index contributed by atoms with van der Waals surface area (Å²) in [6.07, 6.45) is 1.63. The molecule has 1 aromatic carbocycles. The average molecular weight is 250 g/mol. The van der Waals surface area contributed by atoms with Crippen LogP contribution in [0.5, 0.6) is 0 Å². The molecule has 2 heterocycles. The van der Waals surface area contributed by atoms with Crippen molar-refractivity contribution in [3.8, 4) is 11.8 Å². The molecule has 0 saturated heterocycles. The maximum atomic E-state index is 8.94. The second-order valence-electron chi connectivity index (χ2n) is 4.11. The first-order valence-electron chi connectivity index (χ1n) is 5.67. The highest BCUT2D eigenvalue weighted by atomic mass is 15.3. The Labute approximate surface area is 109 Å². The van der Waals surface area contributed by atoms with Gasteiger partial charge in [0.2, 0.25) is 0 Å². The van der Waals surface area contributed by atoms with Crippen LogP contribution >= 0.6 is 0 Å². The summed E-state index contributed by atoms with van der Waals surface area (Å²) < 4.78 is 1.65. The number of nitriles is 1. The van der Waals surface area contributed by atoms with Crippen LogP contribution in [-0.2, 0) is 0 Å². The number of nitrogens with two attached hydrogens (primary N) is 1. The number of hydrogen-bond donors (Lipinski definition) is 1. The Kier molecular flexibility index (Phi) is 2.39. The molecule has 0 amide bonds. The van der Waals surface area contributed by atoms with E-state index in [0.29, 0.717) is 28.2 Å². The van der Waals surface area contributed by atoms with Crippen molar-refractivity contribution in [2.45, 2.75) is 6.92 Å². The molecule has 0 spiro atoms. The summed E-state index contributed by atoms with van der Waals surface area (Å²) >= 11 is 0. The lowest BCUT2D eigenvalue weighted by molar-refractivity contribution is 0.889. The number of anilines is 1. The Morgan fingerprint density at radius 1 is 1.32 bits per heavy atom. The van der Waals surface area contributed by atoms with Gasteiger partial charge in [-0.25, -0.2) is 14.6 Å². The van der Waals surface area contributed by atoms with E-state index in [1.807, 2.05) is 6.07 Å². The smallest absolute Gasteiger partial charge is 0.168 e. The summed E-state index contributed by atoms with van der Waals surface area (Å²) in [7, 11) is 0. The van der Waals surface area contributed by atoms with Crippen LogP contribution in [0, 0.1) is 18.3 Å². The minimum Gasteiger partial charge on any atom is -0.383 e. The summed E-state index contributed by atoms with van der Waals surface area (Å²) in [5, 5.41) is 13.9. The lowest BCUT2D eigenvalue weighted by atomic mass is 10.2. The highest BCUT2D eigenvalue weighted by Gasteiger charge is 2.10. The first-order valence-corrected chi connectivity index (χ1v) is 5.67. The summed E-state index contributed by atoms with van der Waals surface area (Å²) in [4.78, 5) is 8.46. The zero-order valence-corrected chi connectivity index (χ0v) is 10.2. The van der Waals surface area contributed by atoms with Crippen molar-refractivity contribution in [3.63, 3.8) is 0 Å². The number of rotatable bonds is 1. The minimum absolute atomic E-state index is 0.408. The fraction of sp³-hybridized carbons (Fsp3) is 0.0769. The number of nitrogen functional groups attached to an aromatic ring is 1. The SMILES string of the molecule is Cc1nc(N)c2cnn(-c3cccc(C#N)c3)c2n1. The van der Waals surface area contributed by atoms with Crippen molar-refractivity contribution >= 4 is 16.9 Å². The van der Waals surface area contributed by atoms with Crippen molar-refractivity contribution < 1.29 is 0 Å². The first kappa shape index (κ1) is 11.2. The Morgan fingerprint density at radius 3 is 2.95 bits per heavy atom. The molecule has 0 saturated carbocycles. The van der Waals surface area contributed by atoms with Crippen LogP contribution in [-0.4, -0.2) is 19.7 Å². The van der Waals surface area contributed by atoms with Gasteiger partial charge >= 0.3 is 0 Å². The van der Waals surface area contributed by atoms with E-state index in [2.05, 4.69) is 21.1 Å². The van der Waals surface area contributed by atoms with Crippen molar-refractivity contribution in [1.29, 1.82) is 5.26 Å². The largest absolute Gasteiger partial charge is 0.383 e. The number of aromatic nitrogens is 4. The topological polar surface area (TPSA) is 93.4 Å². The van der Waals surface area contributed by atoms with Gasteiger partial charge in [-0.3, -0.25) is 0 Å². The van der Waals surface area contributed by atoms with E-state index in [1.54, 1.807) is 36.0 Å². The van der Waals surface area contributed by atoms with E-state index in [4.69, 9.17) is 11.0 Å². The monoisotopic (exact) mass is 250 g/mol. The molecular weight excluding hydrogens is 240 g/mol. The summed E-state index contributed by atoms with van der Waals surface area (Å²) in [6, 6.07) is 9.26. The molecule has 2 N–H and O–H groups in total. The molecule has 2 aromatic heterocycles. The molecule has 3 aromatic rings. The molecule has 3 rings (SSSR count). The van der Waals surface area contributed by atoms with Gasteiger partial charge in [-0.15, -0.1) is 0 Å². The summed E-state index contributed by atoms with van der Waals surface area (Å²) in [6.45, 7) is 1.78. The zero-order valence-electron chi connectivity index (χ0n) is 10.2. The van der Waals surface area contributed by atoms with Gasteiger partial charge in [0, 0.05) is 0 Å². The fourth-order valence-electron chi connectivity index (χ4n) is 1.94. The number of fused-ring (bicyclic) bond motifs is 1. The number of aryl methyl sites for hydroxylation is 1. The molecule has 0 bridgehead atoms. The number of benzene rings is 1. The summed E-state index contributed by atoms with van der Waals surface area (Å²) in [5.41, 5.74) is 7.83. The Balaban J connectivity index is 2.28. The predicted molar refractivity (Wildman–Crippen MR) is 70.5 cm³/mol. The van der Waals surface area contributed by atoms with E-state index in [-0.39, 0.29) is 0 Å². The Bertz CT molecular complexity index is 812. The van der Waals surface area contributed by atoms with Gasteiger partial charge in [-0.05, 0) is 25.1 Å². The molecule has 0 aliphatic carbocycles. The van der Waals surface area contributed by atoms with Gasteiger partial charge in [0.1, 0.15) is 11.6 Å². The van der Waals surface area contributed by atoms with Crippen LogP contribution in [0.2, 0.25) is 0 Å². The molecule has 92 valence electrons. The lowest BCUT2D eigenvalue weighted by Gasteiger charge is -2.04. The number of nitrogens with zero attached hydrogens (tertiary/aromatic N) is 5. The van der Waals surface area contributed by atoms with Gasteiger partial charge in [-0.2, -0.15) is 10.4 Å². The lowest BCUT2D eigenvalue weighted by Crippen LogP contribution is -2.01. The molecule has 0 fully saturated rings. The first-order chi connectivity index (χ1) is 9.19. The molecule has 0 radical (unpaired) electrons. The van der Waals surface area contributed by atoms with Crippen LogP contribution in [0.15, 0.2) is 30.5 Å². The normalized spacial score (nSPS) is 10.5. The van der Waals surface area contributed by atoms with Gasteiger partial charge < -0.3 is 5.73 Å². The van der Waals surface area contributed by atoms with Crippen molar-refractivity contribution in [2.24, 2.45) is 0 Å². The molecule has 6 heteroatoms. The highest BCUT2D eigenvalue weighted by Crippen LogP contribution is 2.20. The molecule has 0 aliphatic rings. The second-order valence-corrected chi connectivity index (χ2v) is 4.11. The standard InChI is InChI=1S/C13H10N6/c1-8-17-12(15)11-7-16-19(13(11)18-8)10-4-2-3-9(5-10)6-14/h2-5,7H,1H3,(H2,15,17,18). The van der Waals surface area contributed by atoms with Crippen LogP contribution in [0.4, 0.5) is 5.82 Å². The quantitative estimate of drug-likeness (QED) is 0.707. The predicted octanol–water partition coefficient (Wildman–Crippen LogP) is 1.58. The van der Waals surface area contributed by atoms with E-state index in [9.17, 15) is 0 Å². The van der Waals surface area contributed by atoms with Crippen LogP contribution in [0.25, 0.3) is 16.7 Å². The van der Waals surface area contributed by atoms with Crippen molar-refractivity contribution in [1.82, 2.24) is 19.7 Å². The average Bonchev–Trinajstić information content (AvgIpc) is 2.82. The summed E-state index contributed by atoms with van der Waals surface area (Å²) in [5.74, 6) is 0.994. The van der Waals surface area contributed by atoms with Gasteiger partial charge in [0.15, 0.2) is 5.65 Å². The molecule has 0 aliphatic heterocycles. The fourth-order valence-corrected chi connectivity index (χ4v) is 1.94. The second kappa shape index (κ2) is 4.07. The number of hydrogen-bond acceptors (Lipinski definition) is 5. The highest BCUT2D eigenvalue weighted by molar-refractivity contribution is 5.86. The van der Waals surface area contributed by atoms with E-state index in [1.165, 1.54) is 0 Å². The third-order valence-electron chi connectivity index (χ3n) is 2.79. The zero-order chi connectivity index (χ0) is 13.4. The van der Waals surface area contributed by atoms with Crippen LogP contribution in [0.3, 0.4) is 0 Å². The third kappa shape index (κ3) is 1.77. The molecular formula is C13H10N6. The van der Waals surface area contributed by atoms with E-state index < -0.39 is 0 Å². The van der Waals surface area contributed by atoms with Crippen molar-refractivity contribution in [2.75, 3.05) is 5.73 Å². The van der Waals surface area contributed by atoms with Gasteiger partial charge in [0.05, 0.1) is 28.9 Å². The molecule has 19 heavy (non-hydrogen) atoms. The van der Waals surface area contributed by atoms with E-state index >= 15 is 0 Å². The Hall–Kier alpha value is -2.94. The van der Waals surface area contributed by atoms with Gasteiger partial charge in [0.25, 0.3) is 0 Å². The third-order valence-corrected chi connectivity index (χ3v) is 2.79. The van der Waals surface area contributed by atoms with Crippen molar-refractivity contribution in [3.05, 3.63) is 41.9 Å². The minimum atomic E-state index is 0.408.